The number of hydrogen-bond acceptors (Lipinski definition) is 5. The van der Waals surface area contributed by atoms with Crippen LogP contribution in [0, 0.1) is 0 Å². The van der Waals surface area contributed by atoms with Crippen molar-refractivity contribution in [3.63, 3.8) is 0 Å². The first-order chi connectivity index (χ1) is 9.50. The van der Waals surface area contributed by atoms with Gasteiger partial charge in [0.05, 0.1) is 0 Å². The van der Waals surface area contributed by atoms with Crippen molar-refractivity contribution in [1.29, 1.82) is 0 Å². The molecule has 20 heavy (non-hydrogen) atoms. The fourth-order valence-corrected chi connectivity index (χ4v) is 3.07. The number of nitrogens with zero attached hydrogens (tertiary/aromatic N) is 2. The van der Waals surface area contributed by atoms with Gasteiger partial charge in [-0.2, -0.15) is 0 Å². The Morgan fingerprint density at radius 1 is 1.45 bits per heavy atom. The van der Waals surface area contributed by atoms with Crippen LogP contribution in [0.2, 0.25) is 0 Å². The third-order valence-corrected chi connectivity index (χ3v) is 5.27. The minimum Gasteiger partial charge on any atom is -0.370 e. The Labute approximate surface area is 120 Å². The summed E-state index contributed by atoms with van der Waals surface area (Å²) in [6.45, 7) is 1.95. The highest BCUT2D eigenvalue weighted by Gasteiger charge is 2.17. The monoisotopic (exact) mass is 298 g/mol. The van der Waals surface area contributed by atoms with E-state index in [2.05, 4.69) is 15.6 Å². The van der Waals surface area contributed by atoms with Gasteiger partial charge in [0.15, 0.2) is 0 Å². The van der Waals surface area contributed by atoms with E-state index >= 15 is 0 Å². The Morgan fingerprint density at radius 3 is 2.80 bits per heavy atom. The molecule has 2 N–H and O–H groups in total. The third-order valence-electron chi connectivity index (χ3n) is 3.48. The van der Waals surface area contributed by atoms with Gasteiger partial charge in [-0.05, 0) is 37.9 Å². The minimum absolute atomic E-state index is 0.213. The molecule has 1 aromatic rings. The van der Waals surface area contributed by atoms with Gasteiger partial charge in [-0.15, -0.1) is 0 Å². The molecular formula is C13H22N4O2S. The number of anilines is 1. The molecule has 0 bridgehead atoms. The van der Waals surface area contributed by atoms with Crippen molar-refractivity contribution in [2.75, 3.05) is 32.5 Å². The number of pyridine rings is 1. The molecule has 1 aromatic heterocycles. The Hall–Kier alpha value is -1.18. The summed E-state index contributed by atoms with van der Waals surface area (Å²) >= 11 is 0. The molecule has 1 saturated heterocycles. The van der Waals surface area contributed by atoms with Crippen molar-refractivity contribution in [2.24, 2.45) is 0 Å². The number of sulfonamides is 1. The van der Waals surface area contributed by atoms with E-state index < -0.39 is 10.0 Å². The van der Waals surface area contributed by atoms with Crippen LogP contribution in [0.3, 0.4) is 0 Å². The predicted molar refractivity (Wildman–Crippen MR) is 79.2 cm³/mol. The summed E-state index contributed by atoms with van der Waals surface area (Å²) in [5.74, 6) is 0.709. The van der Waals surface area contributed by atoms with Crippen molar-refractivity contribution in [3.05, 3.63) is 18.3 Å². The molecule has 112 valence electrons. The molecule has 0 amide bonds. The van der Waals surface area contributed by atoms with Crippen LogP contribution in [-0.4, -0.2) is 50.9 Å². The van der Waals surface area contributed by atoms with Gasteiger partial charge in [0.1, 0.15) is 10.7 Å². The Morgan fingerprint density at radius 2 is 2.25 bits per heavy atom. The highest BCUT2D eigenvalue weighted by atomic mass is 32.2. The lowest BCUT2D eigenvalue weighted by molar-refractivity contribution is 0.520. The van der Waals surface area contributed by atoms with Gasteiger partial charge >= 0.3 is 0 Å². The van der Waals surface area contributed by atoms with E-state index in [1.165, 1.54) is 37.4 Å². The molecule has 2 rings (SSSR count). The maximum atomic E-state index is 11.9. The molecule has 1 aliphatic heterocycles. The molecule has 2 heterocycles. The van der Waals surface area contributed by atoms with Crippen LogP contribution >= 0.6 is 0 Å². The zero-order valence-electron chi connectivity index (χ0n) is 12.0. The summed E-state index contributed by atoms with van der Waals surface area (Å²) in [6.07, 6.45) is 4.93. The van der Waals surface area contributed by atoms with Crippen molar-refractivity contribution >= 4 is 15.8 Å². The van der Waals surface area contributed by atoms with Crippen LogP contribution in [0.1, 0.15) is 19.3 Å². The summed E-state index contributed by atoms with van der Waals surface area (Å²) in [4.78, 5) is 4.37. The molecule has 0 spiro atoms. The molecule has 0 aromatic carbocycles. The highest BCUT2D eigenvalue weighted by Crippen LogP contribution is 2.14. The van der Waals surface area contributed by atoms with Crippen LogP contribution in [0.15, 0.2) is 23.2 Å². The topological polar surface area (TPSA) is 74.3 Å². The first-order valence-corrected chi connectivity index (χ1v) is 8.30. The molecule has 0 saturated carbocycles. The van der Waals surface area contributed by atoms with Crippen LogP contribution in [0.5, 0.6) is 0 Å². The summed E-state index contributed by atoms with van der Waals surface area (Å²) in [5, 5.41) is 6.66. The van der Waals surface area contributed by atoms with Crippen molar-refractivity contribution in [2.45, 2.75) is 30.2 Å². The fourth-order valence-electron chi connectivity index (χ4n) is 2.23. The van der Waals surface area contributed by atoms with Gasteiger partial charge in [-0.25, -0.2) is 17.7 Å². The first kappa shape index (κ1) is 15.2. The van der Waals surface area contributed by atoms with Gasteiger partial charge in [0, 0.05) is 32.9 Å². The maximum absolute atomic E-state index is 11.9. The average molecular weight is 298 g/mol. The molecule has 1 fully saturated rings. The number of hydrogen-bond donors (Lipinski definition) is 2. The van der Waals surface area contributed by atoms with Crippen molar-refractivity contribution in [3.8, 4) is 0 Å². The SMILES string of the molecule is CN(C)S(=O)(=O)c1ccc(NCCC2CCCN2)nc1. The van der Waals surface area contributed by atoms with E-state index in [-0.39, 0.29) is 4.90 Å². The molecule has 6 nitrogen and oxygen atoms in total. The highest BCUT2D eigenvalue weighted by molar-refractivity contribution is 7.89. The number of aromatic nitrogens is 1. The third kappa shape index (κ3) is 3.68. The summed E-state index contributed by atoms with van der Waals surface area (Å²) in [6, 6.07) is 3.88. The smallest absolute Gasteiger partial charge is 0.244 e. The first-order valence-electron chi connectivity index (χ1n) is 6.86. The lowest BCUT2D eigenvalue weighted by Gasteiger charge is -2.13. The number of nitrogens with one attached hydrogen (secondary N) is 2. The number of rotatable bonds is 6. The zero-order chi connectivity index (χ0) is 14.6. The fraction of sp³-hybridized carbons (Fsp3) is 0.615. The second-order valence-corrected chi connectivity index (χ2v) is 7.33. The normalized spacial score (nSPS) is 19.4. The van der Waals surface area contributed by atoms with E-state index in [1.54, 1.807) is 12.1 Å². The van der Waals surface area contributed by atoms with Crippen LogP contribution in [0.4, 0.5) is 5.82 Å². The minimum atomic E-state index is -3.39. The standard InChI is InChI=1S/C13H22N4O2S/c1-17(2)20(18,19)12-5-6-13(16-10-12)15-9-7-11-4-3-8-14-11/h5-6,10-11,14H,3-4,7-9H2,1-2H3,(H,15,16). The van der Waals surface area contributed by atoms with Gasteiger partial charge < -0.3 is 10.6 Å². The Bertz CT molecular complexity index is 522. The molecule has 1 atom stereocenters. The van der Waals surface area contributed by atoms with E-state index in [4.69, 9.17) is 0 Å². The Balaban J connectivity index is 1.88. The van der Waals surface area contributed by atoms with Gasteiger partial charge in [-0.3, -0.25) is 0 Å². The second kappa shape index (κ2) is 6.51. The maximum Gasteiger partial charge on any atom is 0.244 e. The lowest BCUT2D eigenvalue weighted by Crippen LogP contribution is -2.24. The van der Waals surface area contributed by atoms with E-state index in [1.807, 2.05) is 0 Å². The summed E-state index contributed by atoms with van der Waals surface area (Å²) in [5.41, 5.74) is 0. The van der Waals surface area contributed by atoms with Gasteiger partial charge in [0.2, 0.25) is 10.0 Å². The van der Waals surface area contributed by atoms with Gasteiger partial charge in [0.25, 0.3) is 0 Å². The van der Waals surface area contributed by atoms with Crippen LogP contribution in [0.25, 0.3) is 0 Å². The molecular weight excluding hydrogens is 276 g/mol. The molecule has 0 radical (unpaired) electrons. The molecule has 7 heteroatoms. The van der Waals surface area contributed by atoms with Crippen molar-refractivity contribution < 1.29 is 8.42 Å². The summed E-state index contributed by atoms with van der Waals surface area (Å²) < 4.78 is 25.0. The zero-order valence-corrected chi connectivity index (χ0v) is 12.8. The average Bonchev–Trinajstić information content (AvgIpc) is 2.92. The van der Waals surface area contributed by atoms with E-state index in [0.717, 1.165) is 19.5 Å². The Kier molecular flexibility index (Phi) is 4.95. The van der Waals surface area contributed by atoms with E-state index in [9.17, 15) is 8.42 Å². The van der Waals surface area contributed by atoms with Crippen molar-refractivity contribution in [1.82, 2.24) is 14.6 Å². The molecule has 0 aliphatic carbocycles. The predicted octanol–water partition coefficient (Wildman–Crippen LogP) is 0.886. The van der Waals surface area contributed by atoms with Crippen LogP contribution in [-0.2, 0) is 10.0 Å². The molecule has 1 unspecified atom stereocenters. The molecule has 1 aliphatic rings. The largest absolute Gasteiger partial charge is 0.370 e. The lowest BCUT2D eigenvalue weighted by atomic mass is 10.1. The van der Waals surface area contributed by atoms with Crippen LogP contribution < -0.4 is 10.6 Å². The van der Waals surface area contributed by atoms with Gasteiger partial charge in [-0.1, -0.05) is 0 Å². The van der Waals surface area contributed by atoms with E-state index in [0.29, 0.717) is 11.9 Å². The second-order valence-electron chi connectivity index (χ2n) is 5.18. The summed E-state index contributed by atoms with van der Waals surface area (Å²) in [7, 11) is -0.374. The quantitative estimate of drug-likeness (QED) is 0.816.